The highest BCUT2D eigenvalue weighted by atomic mass is 19.4. The average molecular weight is 420 g/mol. The zero-order valence-electron chi connectivity index (χ0n) is 16.8. The minimum atomic E-state index is -4.39. The van der Waals surface area contributed by atoms with Crippen LogP contribution in [-0.4, -0.2) is 36.3 Å². The van der Waals surface area contributed by atoms with Gasteiger partial charge in [0.1, 0.15) is 5.75 Å². The maximum absolute atomic E-state index is 12.8. The lowest BCUT2D eigenvalue weighted by Gasteiger charge is -2.24. The molecule has 3 rings (SSSR count). The van der Waals surface area contributed by atoms with Crippen molar-refractivity contribution in [3.63, 3.8) is 0 Å². The predicted molar refractivity (Wildman–Crippen MR) is 106 cm³/mol. The zero-order chi connectivity index (χ0) is 21.7. The van der Waals surface area contributed by atoms with Crippen molar-refractivity contribution >= 4 is 11.6 Å². The lowest BCUT2D eigenvalue weighted by molar-refractivity contribution is -0.137. The van der Waals surface area contributed by atoms with E-state index >= 15 is 0 Å². The van der Waals surface area contributed by atoms with E-state index in [1.165, 1.54) is 12.1 Å². The number of halogens is 3. The van der Waals surface area contributed by atoms with Crippen LogP contribution in [0.2, 0.25) is 0 Å². The molecular weight excluding hydrogens is 397 g/mol. The Morgan fingerprint density at radius 3 is 2.53 bits per heavy atom. The lowest BCUT2D eigenvalue weighted by Crippen LogP contribution is -2.36. The fraction of sp³-hybridized carbons (Fsp3) is 0.364. The van der Waals surface area contributed by atoms with Crippen LogP contribution in [0.5, 0.6) is 5.75 Å². The van der Waals surface area contributed by atoms with E-state index in [-0.39, 0.29) is 31.5 Å². The number of methoxy groups -OCH3 is 1. The van der Waals surface area contributed by atoms with Crippen LogP contribution in [0.3, 0.4) is 0 Å². The highest BCUT2D eigenvalue weighted by Gasteiger charge is 2.30. The van der Waals surface area contributed by atoms with Gasteiger partial charge in [-0.05, 0) is 29.8 Å². The summed E-state index contributed by atoms with van der Waals surface area (Å²) in [4.78, 5) is 19.5. The van der Waals surface area contributed by atoms with Gasteiger partial charge in [-0.3, -0.25) is 4.79 Å². The van der Waals surface area contributed by atoms with Crippen LogP contribution in [0.15, 0.2) is 53.7 Å². The minimum absolute atomic E-state index is 0.107. The summed E-state index contributed by atoms with van der Waals surface area (Å²) in [6, 6.07) is 12.3. The topological polar surface area (TPSA) is 51.1 Å². The third-order valence-corrected chi connectivity index (χ3v) is 4.88. The number of amides is 1. The first-order valence-corrected chi connectivity index (χ1v) is 9.61. The highest BCUT2D eigenvalue weighted by Crippen LogP contribution is 2.29. The molecule has 1 heterocycles. The number of carbonyl (C=O) groups excluding carboxylic acids is 1. The summed E-state index contributed by atoms with van der Waals surface area (Å²) in [7, 11) is 1.58. The number of ether oxygens (including phenoxy) is 1. The summed E-state index contributed by atoms with van der Waals surface area (Å²) in [5.74, 6) is 0.580. The van der Waals surface area contributed by atoms with Crippen LogP contribution < -0.4 is 4.74 Å². The fourth-order valence-electron chi connectivity index (χ4n) is 3.31. The number of oxime groups is 1. The SMILES string of the molecule is CCC(=O)N(Cc1ccc(C(F)(F)F)cc1)CC1CC(c2ccccc2OC)=NO1. The Hall–Kier alpha value is -3.03. The van der Waals surface area contributed by atoms with Gasteiger partial charge < -0.3 is 14.5 Å². The molecule has 0 aromatic heterocycles. The van der Waals surface area contributed by atoms with Crippen LogP contribution in [0.25, 0.3) is 0 Å². The van der Waals surface area contributed by atoms with Gasteiger partial charge in [0.05, 0.1) is 24.9 Å². The number of para-hydroxylation sites is 1. The number of hydrogen-bond donors (Lipinski definition) is 0. The van der Waals surface area contributed by atoms with E-state index in [1.54, 1.807) is 18.9 Å². The maximum atomic E-state index is 12.8. The van der Waals surface area contributed by atoms with Gasteiger partial charge >= 0.3 is 6.18 Å². The Bertz CT molecular complexity index is 911. The van der Waals surface area contributed by atoms with Crippen LogP contribution in [0, 0.1) is 0 Å². The maximum Gasteiger partial charge on any atom is 0.416 e. The zero-order valence-corrected chi connectivity index (χ0v) is 16.8. The van der Waals surface area contributed by atoms with E-state index in [4.69, 9.17) is 9.57 Å². The molecule has 2 aromatic rings. The van der Waals surface area contributed by atoms with Gasteiger partial charge in [-0.15, -0.1) is 0 Å². The molecule has 0 bridgehead atoms. The molecule has 1 atom stereocenters. The van der Waals surface area contributed by atoms with Crippen molar-refractivity contribution in [2.75, 3.05) is 13.7 Å². The van der Waals surface area contributed by atoms with Crippen molar-refractivity contribution in [1.82, 2.24) is 4.90 Å². The normalized spacial score (nSPS) is 16.0. The number of benzene rings is 2. The molecule has 0 saturated heterocycles. The molecule has 8 heteroatoms. The molecule has 2 aromatic carbocycles. The van der Waals surface area contributed by atoms with Crippen LogP contribution >= 0.6 is 0 Å². The van der Waals surface area contributed by atoms with Crippen molar-refractivity contribution < 1.29 is 27.5 Å². The summed E-state index contributed by atoms with van der Waals surface area (Å²) in [6.45, 7) is 2.23. The second kappa shape index (κ2) is 9.19. The Kier molecular flexibility index (Phi) is 6.64. The first-order chi connectivity index (χ1) is 14.3. The highest BCUT2D eigenvalue weighted by molar-refractivity contribution is 6.03. The third kappa shape index (κ3) is 5.11. The molecule has 0 fully saturated rings. The third-order valence-electron chi connectivity index (χ3n) is 4.88. The fourth-order valence-corrected chi connectivity index (χ4v) is 3.31. The molecule has 160 valence electrons. The Balaban J connectivity index is 1.67. The molecule has 0 saturated carbocycles. The average Bonchev–Trinajstić information content (AvgIpc) is 3.20. The summed E-state index contributed by atoms with van der Waals surface area (Å²) < 4.78 is 43.7. The van der Waals surface area contributed by atoms with E-state index in [0.29, 0.717) is 17.7 Å². The van der Waals surface area contributed by atoms with Crippen molar-refractivity contribution in [3.8, 4) is 5.75 Å². The predicted octanol–water partition coefficient (Wildman–Crippen LogP) is 4.65. The molecular formula is C22H23F3N2O3. The quantitative estimate of drug-likeness (QED) is 0.656. The number of alkyl halides is 3. The second-order valence-electron chi connectivity index (χ2n) is 6.99. The molecule has 0 radical (unpaired) electrons. The molecule has 1 aliphatic heterocycles. The van der Waals surface area contributed by atoms with E-state index < -0.39 is 11.7 Å². The van der Waals surface area contributed by atoms with Gasteiger partial charge in [-0.25, -0.2) is 0 Å². The van der Waals surface area contributed by atoms with E-state index in [9.17, 15) is 18.0 Å². The molecule has 30 heavy (non-hydrogen) atoms. The van der Waals surface area contributed by atoms with Crippen LogP contribution in [-0.2, 0) is 22.4 Å². The summed E-state index contributed by atoms with van der Waals surface area (Å²) in [5.41, 5.74) is 1.47. The number of carbonyl (C=O) groups is 1. The van der Waals surface area contributed by atoms with Gasteiger partial charge in [0, 0.05) is 24.9 Å². The van der Waals surface area contributed by atoms with Crippen LogP contribution in [0.1, 0.15) is 36.5 Å². The van der Waals surface area contributed by atoms with E-state index in [1.807, 2.05) is 24.3 Å². The Labute approximate surface area is 173 Å². The molecule has 1 aliphatic rings. The number of hydrogen-bond acceptors (Lipinski definition) is 4. The van der Waals surface area contributed by atoms with Crippen molar-refractivity contribution in [3.05, 3.63) is 65.2 Å². The second-order valence-corrected chi connectivity index (χ2v) is 6.99. The molecule has 5 nitrogen and oxygen atoms in total. The monoisotopic (exact) mass is 420 g/mol. The molecule has 0 aliphatic carbocycles. The van der Waals surface area contributed by atoms with Gasteiger partial charge in [0.2, 0.25) is 5.91 Å². The van der Waals surface area contributed by atoms with Crippen molar-refractivity contribution in [2.24, 2.45) is 5.16 Å². The van der Waals surface area contributed by atoms with Gasteiger partial charge in [0.15, 0.2) is 6.10 Å². The summed E-state index contributed by atoms with van der Waals surface area (Å²) >= 11 is 0. The summed E-state index contributed by atoms with van der Waals surface area (Å²) in [6.07, 6.45) is -3.94. The largest absolute Gasteiger partial charge is 0.496 e. The van der Waals surface area contributed by atoms with Crippen molar-refractivity contribution in [2.45, 2.75) is 38.6 Å². The molecule has 0 N–H and O–H groups in total. The standard InChI is InChI=1S/C22H23F3N2O3/c1-3-21(28)27(13-15-8-10-16(11-9-15)22(23,24)25)14-17-12-19(26-30-17)18-6-4-5-7-20(18)29-2/h4-11,17H,3,12-14H2,1-2H3. The molecule has 1 unspecified atom stereocenters. The minimum Gasteiger partial charge on any atom is -0.496 e. The Morgan fingerprint density at radius 1 is 1.20 bits per heavy atom. The van der Waals surface area contributed by atoms with E-state index in [2.05, 4.69) is 5.16 Å². The van der Waals surface area contributed by atoms with Crippen molar-refractivity contribution in [1.29, 1.82) is 0 Å². The van der Waals surface area contributed by atoms with E-state index in [0.717, 1.165) is 23.4 Å². The first-order valence-electron chi connectivity index (χ1n) is 9.61. The lowest BCUT2D eigenvalue weighted by atomic mass is 10.0. The van der Waals surface area contributed by atoms with Gasteiger partial charge in [-0.2, -0.15) is 13.2 Å². The van der Waals surface area contributed by atoms with Gasteiger partial charge in [-0.1, -0.05) is 36.3 Å². The number of nitrogens with zero attached hydrogens (tertiary/aromatic N) is 2. The smallest absolute Gasteiger partial charge is 0.416 e. The first kappa shape index (κ1) is 21.7. The number of rotatable bonds is 7. The Morgan fingerprint density at radius 2 is 1.90 bits per heavy atom. The van der Waals surface area contributed by atoms with Crippen LogP contribution in [0.4, 0.5) is 13.2 Å². The summed E-state index contributed by atoms with van der Waals surface area (Å²) in [5, 5.41) is 4.15. The molecule has 1 amide bonds. The van der Waals surface area contributed by atoms with Gasteiger partial charge in [0.25, 0.3) is 0 Å². The molecule has 0 spiro atoms.